The monoisotopic (exact) mass is 348 g/mol. The maximum atomic E-state index is 12.4. The highest BCUT2D eigenvalue weighted by molar-refractivity contribution is 6.31. The van der Waals surface area contributed by atoms with Crippen LogP contribution in [0.3, 0.4) is 0 Å². The van der Waals surface area contributed by atoms with Crippen molar-refractivity contribution in [1.29, 1.82) is 0 Å². The number of hydrogen-bond acceptors (Lipinski definition) is 3. The van der Waals surface area contributed by atoms with Gasteiger partial charge in [0.2, 0.25) is 17.7 Å². The second-order valence-electron chi connectivity index (χ2n) is 6.60. The van der Waals surface area contributed by atoms with Crippen LogP contribution >= 0.6 is 11.6 Å². The molecule has 1 aliphatic heterocycles. The highest BCUT2D eigenvalue weighted by Gasteiger charge is 2.48. The molecule has 2 fully saturated rings. The van der Waals surface area contributed by atoms with Crippen LogP contribution in [-0.4, -0.2) is 41.1 Å². The van der Waals surface area contributed by atoms with Gasteiger partial charge < -0.3 is 4.90 Å². The maximum Gasteiger partial charge on any atom is 0.242 e. The van der Waals surface area contributed by atoms with E-state index in [0.717, 1.165) is 36.1 Å². The molecule has 0 spiro atoms. The smallest absolute Gasteiger partial charge is 0.242 e. The van der Waals surface area contributed by atoms with Crippen molar-refractivity contribution >= 4 is 29.3 Å². The molecule has 1 saturated carbocycles. The van der Waals surface area contributed by atoms with Crippen molar-refractivity contribution in [2.75, 3.05) is 13.6 Å². The van der Waals surface area contributed by atoms with Crippen LogP contribution in [0.2, 0.25) is 5.02 Å². The lowest BCUT2D eigenvalue weighted by molar-refractivity contribution is -0.146. The molecule has 2 atom stereocenters. The molecule has 128 valence electrons. The molecule has 0 bridgehead atoms. The fourth-order valence-corrected chi connectivity index (χ4v) is 3.81. The van der Waals surface area contributed by atoms with Gasteiger partial charge in [0.1, 0.15) is 6.54 Å². The number of rotatable bonds is 4. The fraction of sp³-hybridized carbons (Fsp3) is 0.500. The lowest BCUT2D eigenvalue weighted by atomic mass is 9.81. The van der Waals surface area contributed by atoms with Crippen LogP contribution in [0.1, 0.15) is 31.2 Å². The predicted octanol–water partition coefficient (Wildman–Crippen LogP) is 2.47. The van der Waals surface area contributed by atoms with Gasteiger partial charge in [0.05, 0.1) is 11.8 Å². The van der Waals surface area contributed by atoms with Gasteiger partial charge >= 0.3 is 0 Å². The molecule has 0 aromatic heterocycles. The Morgan fingerprint density at radius 1 is 1.17 bits per heavy atom. The number of nitrogens with zero attached hydrogens (tertiary/aromatic N) is 2. The Labute approximate surface area is 146 Å². The molecule has 0 radical (unpaired) electrons. The first-order valence-electron chi connectivity index (χ1n) is 8.31. The van der Waals surface area contributed by atoms with Gasteiger partial charge in [0.15, 0.2) is 0 Å². The van der Waals surface area contributed by atoms with Gasteiger partial charge in [-0.3, -0.25) is 19.3 Å². The minimum absolute atomic E-state index is 0.175. The lowest BCUT2D eigenvalue weighted by Crippen LogP contribution is -2.41. The van der Waals surface area contributed by atoms with E-state index in [9.17, 15) is 14.4 Å². The van der Waals surface area contributed by atoms with E-state index in [1.54, 1.807) is 13.1 Å². The van der Waals surface area contributed by atoms with Crippen molar-refractivity contribution in [3.05, 3.63) is 34.9 Å². The van der Waals surface area contributed by atoms with E-state index in [1.165, 1.54) is 4.90 Å². The zero-order valence-electron chi connectivity index (χ0n) is 13.7. The number of amides is 3. The number of hydrogen-bond donors (Lipinski definition) is 0. The summed E-state index contributed by atoms with van der Waals surface area (Å²) in [4.78, 5) is 40.0. The van der Waals surface area contributed by atoms with E-state index < -0.39 is 0 Å². The summed E-state index contributed by atoms with van der Waals surface area (Å²) in [5.74, 6) is -1.04. The van der Waals surface area contributed by atoms with Crippen molar-refractivity contribution in [3.63, 3.8) is 0 Å². The first kappa shape index (κ1) is 17.0. The average Bonchev–Trinajstić information content (AvgIpc) is 2.82. The van der Waals surface area contributed by atoms with Crippen molar-refractivity contribution in [2.45, 2.75) is 32.2 Å². The van der Waals surface area contributed by atoms with E-state index in [4.69, 9.17) is 11.6 Å². The van der Waals surface area contributed by atoms with E-state index in [-0.39, 0.29) is 36.1 Å². The van der Waals surface area contributed by atoms with Crippen LogP contribution in [0, 0.1) is 11.8 Å². The Morgan fingerprint density at radius 2 is 1.75 bits per heavy atom. The van der Waals surface area contributed by atoms with Crippen molar-refractivity contribution in [3.8, 4) is 0 Å². The lowest BCUT2D eigenvalue weighted by Gasteiger charge is -2.21. The molecule has 2 unspecified atom stereocenters. The molecular weight excluding hydrogens is 328 g/mol. The topological polar surface area (TPSA) is 57.7 Å². The first-order chi connectivity index (χ1) is 11.5. The van der Waals surface area contributed by atoms with Gasteiger partial charge in [-0.25, -0.2) is 0 Å². The van der Waals surface area contributed by atoms with Crippen LogP contribution in [0.5, 0.6) is 0 Å². The summed E-state index contributed by atoms with van der Waals surface area (Å²) in [6.07, 6.45) is 3.48. The van der Waals surface area contributed by atoms with Gasteiger partial charge in [0.25, 0.3) is 0 Å². The third-order valence-corrected chi connectivity index (χ3v) is 5.39. The number of benzene rings is 1. The first-order valence-corrected chi connectivity index (χ1v) is 8.69. The van der Waals surface area contributed by atoms with Crippen molar-refractivity contribution in [2.24, 2.45) is 11.8 Å². The van der Waals surface area contributed by atoms with Crippen LogP contribution in [-0.2, 0) is 20.9 Å². The van der Waals surface area contributed by atoms with E-state index in [0.29, 0.717) is 11.6 Å². The van der Waals surface area contributed by atoms with Crippen molar-refractivity contribution in [1.82, 2.24) is 9.80 Å². The van der Waals surface area contributed by atoms with Crippen LogP contribution in [0.4, 0.5) is 0 Å². The van der Waals surface area contributed by atoms with Crippen molar-refractivity contribution < 1.29 is 14.4 Å². The summed E-state index contributed by atoms with van der Waals surface area (Å²) >= 11 is 6.12. The number of likely N-dealkylation sites (N-methyl/N-ethyl adjacent to an activating group) is 1. The molecule has 1 aromatic rings. The summed E-state index contributed by atoms with van der Waals surface area (Å²) in [6, 6.07) is 7.31. The predicted molar refractivity (Wildman–Crippen MR) is 90.1 cm³/mol. The summed E-state index contributed by atoms with van der Waals surface area (Å²) < 4.78 is 0. The maximum absolute atomic E-state index is 12.4. The Bertz CT molecular complexity index is 652. The Kier molecular flexibility index (Phi) is 4.90. The number of likely N-dealkylation sites (tertiary alicyclic amines) is 1. The fourth-order valence-electron chi connectivity index (χ4n) is 3.61. The Hall–Kier alpha value is -1.88. The average molecular weight is 349 g/mol. The van der Waals surface area contributed by atoms with Gasteiger partial charge in [-0.1, -0.05) is 42.6 Å². The van der Waals surface area contributed by atoms with Crippen LogP contribution in [0.15, 0.2) is 24.3 Å². The highest BCUT2D eigenvalue weighted by atomic mass is 35.5. The third kappa shape index (κ3) is 3.18. The number of carbonyl (C=O) groups excluding carboxylic acids is 3. The zero-order valence-corrected chi connectivity index (χ0v) is 14.5. The molecule has 3 amide bonds. The van der Waals surface area contributed by atoms with Gasteiger partial charge in [-0.15, -0.1) is 0 Å². The SMILES string of the molecule is CN(Cc1ccccc1Cl)C(=O)CN1C(=O)C2CCCCC2C1=O. The normalized spacial score (nSPS) is 23.3. The zero-order chi connectivity index (χ0) is 17.3. The van der Waals surface area contributed by atoms with Gasteiger partial charge in [0, 0.05) is 18.6 Å². The molecule has 1 aliphatic carbocycles. The van der Waals surface area contributed by atoms with Crippen LogP contribution < -0.4 is 0 Å². The number of imide groups is 1. The molecule has 6 heteroatoms. The summed E-state index contributed by atoms with van der Waals surface area (Å²) in [5.41, 5.74) is 0.836. The number of carbonyl (C=O) groups is 3. The molecule has 5 nitrogen and oxygen atoms in total. The minimum Gasteiger partial charge on any atom is -0.340 e. The molecular formula is C18H21ClN2O3. The molecule has 24 heavy (non-hydrogen) atoms. The van der Waals surface area contributed by atoms with Crippen LogP contribution in [0.25, 0.3) is 0 Å². The second kappa shape index (κ2) is 6.93. The number of halogens is 1. The van der Waals surface area contributed by atoms with E-state index in [1.807, 2.05) is 18.2 Å². The summed E-state index contributed by atoms with van der Waals surface area (Å²) in [6.45, 7) is 0.174. The molecule has 3 rings (SSSR count). The van der Waals surface area contributed by atoms with E-state index in [2.05, 4.69) is 0 Å². The minimum atomic E-state index is -0.254. The molecule has 1 aromatic carbocycles. The highest BCUT2D eigenvalue weighted by Crippen LogP contribution is 2.37. The Morgan fingerprint density at radius 3 is 2.33 bits per heavy atom. The molecule has 1 heterocycles. The van der Waals surface area contributed by atoms with Gasteiger partial charge in [-0.2, -0.15) is 0 Å². The standard InChI is InChI=1S/C18H21ClN2O3/c1-20(10-12-6-2-5-9-15(12)19)16(22)11-21-17(23)13-7-3-4-8-14(13)18(21)24/h2,5-6,9,13-14H,3-4,7-8,10-11H2,1H3. The molecule has 0 N–H and O–H groups in total. The quantitative estimate of drug-likeness (QED) is 0.785. The largest absolute Gasteiger partial charge is 0.340 e. The number of fused-ring (bicyclic) bond motifs is 1. The molecule has 2 aliphatic rings. The second-order valence-corrected chi connectivity index (χ2v) is 7.01. The Balaban J connectivity index is 1.65. The van der Waals surface area contributed by atoms with E-state index >= 15 is 0 Å². The summed E-state index contributed by atoms with van der Waals surface area (Å²) in [5, 5.41) is 0.594. The van der Waals surface area contributed by atoms with Gasteiger partial charge in [-0.05, 0) is 24.5 Å². The summed E-state index contributed by atoms with van der Waals surface area (Å²) in [7, 11) is 1.66. The molecule has 1 saturated heterocycles. The third-order valence-electron chi connectivity index (χ3n) is 5.02.